The third-order valence-corrected chi connectivity index (χ3v) is 3.83. The molecule has 0 bridgehead atoms. The molecule has 0 atom stereocenters. The minimum absolute atomic E-state index is 0.0149. The first-order chi connectivity index (χ1) is 12.8. The molecule has 0 aliphatic rings. The second-order valence-electron chi connectivity index (χ2n) is 5.71. The summed E-state index contributed by atoms with van der Waals surface area (Å²) in [6.45, 7) is 0.113. The number of nitrogens with one attached hydrogen (secondary N) is 1. The molecule has 0 aliphatic heterocycles. The Hall–Kier alpha value is -3.36. The van der Waals surface area contributed by atoms with E-state index in [1.54, 1.807) is 24.4 Å². The highest BCUT2D eigenvalue weighted by Gasteiger charge is 2.31. The summed E-state index contributed by atoms with van der Waals surface area (Å²) < 4.78 is 41.8. The van der Waals surface area contributed by atoms with Crippen LogP contribution in [0.4, 0.5) is 18.9 Å². The number of pyridine rings is 1. The van der Waals surface area contributed by atoms with Crippen molar-refractivity contribution in [2.45, 2.75) is 19.1 Å². The molecule has 0 radical (unpaired) electrons. The fourth-order valence-electron chi connectivity index (χ4n) is 2.50. The highest BCUT2D eigenvalue weighted by molar-refractivity contribution is 5.93. The van der Waals surface area contributed by atoms with Crippen molar-refractivity contribution in [3.05, 3.63) is 77.0 Å². The van der Waals surface area contributed by atoms with Gasteiger partial charge in [0.25, 0.3) is 5.56 Å². The normalized spacial score (nSPS) is 11.4. The molecule has 1 N–H and O–H groups in total. The van der Waals surface area contributed by atoms with Gasteiger partial charge in [-0.05, 0) is 30.3 Å². The lowest BCUT2D eigenvalue weighted by Gasteiger charge is -2.15. The van der Waals surface area contributed by atoms with Gasteiger partial charge < -0.3 is 9.88 Å². The van der Waals surface area contributed by atoms with E-state index in [2.05, 4.69) is 10.4 Å². The van der Waals surface area contributed by atoms with E-state index < -0.39 is 17.6 Å². The minimum atomic E-state index is -4.54. The van der Waals surface area contributed by atoms with E-state index in [9.17, 15) is 22.8 Å². The number of carbonyl (C=O) groups excluding carboxylic acids is 1. The molecule has 6 nitrogen and oxygen atoms in total. The van der Waals surface area contributed by atoms with Gasteiger partial charge in [-0.1, -0.05) is 6.07 Å². The summed E-state index contributed by atoms with van der Waals surface area (Å²) in [5, 5.41) is 6.48. The van der Waals surface area contributed by atoms with E-state index in [0.717, 1.165) is 12.1 Å². The number of halogens is 3. The van der Waals surface area contributed by atoms with E-state index in [4.69, 9.17) is 0 Å². The Balaban J connectivity index is 1.82. The van der Waals surface area contributed by atoms with Crippen molar-refractivity contribution in [1.82, 2.24) is 14.3 Å². The number of anilines is 1. The van der Waals surface area contributed by atoms with Crippen LogP contribution in [-0.4, -0.2) is 20.3 Å². The van der Waals surface area contributed by atoms with Crippen LogP contribution < -0.4 is 10.9 Å². The average molecular weight is 376 g/mol. The van der Waals surface area contributed by atoms with Gasteiger partial charge in [-0.2, -0.15) is 18.3 Å². The molecule has 2 aromatic heterocycles. The number of hydrogen-bond acceptors (Lipinski definition) is 3. The Morgan fingerprint density at radius 1 is 1.11 bits per heavy atom. The summed E-state index contributed by atoms with van der Waals surface area (Å²) in [6, 6.07) is 9.25. The number of aromatic nitrogens is 3. The van der Waals surface area contributed by atoms with E-state index >= 15 is 0 Å². The van der Waals surface area contributed by atoms with Crippen LogP contribution in [0.25, 0.3) is 5.69 Å². The van der Waals surface area contributed by atoms with Gasteiger partial charge in [-0.25, -0.2) is 4.68 Å². The number of amides is 1. The van der Waals surface area contributed by atoms with Gasteiger partial charge in [0.2, 0.25) is 5.91 Å². The minimum Gasteiger partial charge on any atom is -0.324 e. The van der Waals surface area contributed by atoms with Crippen molar-refractivity contribution in [2.24, 2.45) is 0 Å². The summed E-state index contributed by atoms with van der Waals surface area (Å²) in [5.41, 5.74) is -0.855. The molecule has 0 saturated heterocycles. The molecule has 1 aromatic carbocycles. The van der Waals surface area contributed by atoms with Gasteiger partial charge in [-0.3, -0.25) is 9.59 Å². The van der Waals surface area contributed by atoms with Crippen LogP contribution in [0.5, 0.6) is 0 Å². The zero-order chi connectivity index (χ0) is 19.4. The van der Waals surface area contributed by atoms with Crippen LogP contribution in [-0.2, 0) is 17.5 Å². The summed E-state index contributed by atoms with van der Waals surface area (Å²) >= 11 is 0. The number of benzene rings is 1. The van der Waals surface area contributed by atoms with Gasteiger partial charge in [-0.15, -0.1) is 0 Å². The molecule has 0 saturated carbocycles. The highest BCUT2D eigenvalue weighted by Crippen LogP contribution is 2.33. The lowest BCUT2D eigenvalue weighted by Crippen LogP contribution is -2.22. The molecule has 140 valence electrons. The highest BCUT2D eigenvalue weighted by atomic mass is 19.4. The van der Waals surface area contributed by atoms with E-state index in [-0.39, 0.29) is 24.2 Å². The van der Waals surface area contributed by atoms with Crippen molar-refractivity contribution < 1.29 is 18.0 Å². The lowest BCUT2D eigenvalue weighted by molar-refractivity contribution is -0.137. The van der Waals surface area contributed by atoms with Gasteiger partial charge >= 0.3 is 6.18 Å². The van der Waals surface area contributed by atoms with Crippen LogP contribution >= 0.6 is 0 Å². The molecule has 9 heteroatoms. The first-order valence-corrected chi connectivity index (χ1v) is 8.01. The zero-order valence-electron chi connectivity index (χ0n) is 14.0. The molecular formula is C18H15F3N4O2. The summed E-state index contributed by atoms with van der Waals surface area (Å²) in [6.07, 6.45) is -0.0416. The smallest absolute Gasteiger partial charge is 0.324 e. The number of aryl methyl sites for hydroxylation is 1. The lowest BCUT2D eigenvalue weighted by atomic mass is 10.1. The fraction of sp³-hybridized carbons (Fsp3) is 0.167. The molecule has 1 amide bonds. The number of nitrogens with zero attached hydrogens (tertiary/aromatic N) is 3. The molecule has 0 fully saturated rings. The van der Waals surface area contributed by atoms with Crippen molar-refractivity contribution in [3.63, 3.8) is 0 Å². The maximum atomic E-state index is 13.0. The van der Waals surface area contributed by atoms with Gasteiger partial charge in [0.15, 0.2) is 0 Å². The van der Waals surface area contributed by atoms with Crippen LogP contribution in [0.1, 0.15) is 12.0 Å². The quantitative estimate of drug-likeness (QED) is 0.744. The summed E-state index contributed by atoms with van der Waals surface area (Å²) in [7, 11) is 0. The molecular weight excluding hydrogens is 361 g/mol. The van der Waals surface area contributed by atoms with Crippen LogP contribution in [0.15, 0.2) is 65.8 Å². The number of hydrogen-bond donors (Lipinski definition) is 1. The molecule has 0 unspecified atom stereocenters. The number of carbonyl (C=O) groups is 1. The topological polar surface area (TPSA) is 68.9 Å². The molecule has 2 heterocycles. The zero-order valence-corrected chi connectivity index (χ0v) is 14.0. The second-order valence-corrected chi connectivity index (χ2v) is 5.71. The third-order valence-electron chi connectivity index (χ3n) is 3.83. The Morgan fingerprint density at radius 2 is 1.93 bits per heavy atom. The fourth-order valence-corrected chi connectivity index (χ4v) is 2.50. The third kappa shape index (κ3) is 4.43. The SMILES string of the molecule is O=C(CCn1ccccc1=O)Nc1cc(C(F)(F)F)ccc1-n1cccn1. The monoisotopic (exact) mass is 376 g/mol. The molecule has 27 heavy (non-hydrogen) atoms. The van der Waals surface area contributed by atoms with Crippen LogP contribution in [0.2, 0.25) is 0 Å². The Kier molecular flexibility index (Phi) is 5.11. The van der Waals surface area contributed by atoms with E-state index in [0.29, 0.717) is 5.69 Å². The predicted octanol–water partition coefficient (Wildman–Crippen LogP) is 3.08. The van der Waals surface area contributed by atoms with Gasteiger partial charge in [0.05, 0.1) is 16.9 Å². The first-order valence-electron chi connectivity index (χ1n) is 8.01. The van der Waals surface area contributed by atoms with E-state index in [1.807, 2.05) is 0 Å². The largest absolute Gasteiger partial charge is 0.416 e. The molecule has 0 aliphatic carbocycles. The maximum Gasteiger partial charge on any atom is 0.416 e. The predicted molar refractivity (Wildman–Crippen MR) is 92.5 cm³/mol. The van der Waals surface area contributed by atoms with Crippen molar-refractivity contribution >= 4 is 11.6 Å². The second kappa shape index (κ2) is 7.48. The molecule has 3 rings (SSSR count). The Bertz CT molecular complexity index is 994. The Morgan fingerprint density at radius 3 is 2.59 bits per heavy atom. The standard InChI is InChI=1S/C18H15F3N4O2/c19-18(20,21)13-5-6-15(25-10-3-8-22-25)14(12-13)23-16(26)7-11-24-9-2-1-4-17(24)27/h1-6,8-10,12H,7,11H2,(H,23,26). The summed E-state index contributed by atoms with van der Waals surface area (Å²) in [5.74, 6) is -0.515. The van der Waals surface area contributed by atoms with Gasteiger partial charge in [0.1, 0.15) is 0 Å². The Labute approximate surface area is 151 Å². The number of alkyl halides is 3. The average Bonchev–Trinajstić information content (AvgIpc) is 3.14. The van der Waals surface area contributed by atoms with Crippen LogP contribution in [0.3, 0.4) is 0 Å². The molecule has 0 spiro atoms. The van der Waals surface area contributed by atoms with Crippen molar-refractivity contribution in [2.75, 3.05) is 5.32 Å². The van der Waals surface area contributed by atoms with Gasteiger partial charge in [0, 0.05) is 37.6 Å². The summed E-state index contributed by atoms with van der Waals surface area (Å²) in [4.78, 5) is 23.9. The van der Waals surface area contributed by atoms with E-state index in [1.165, 1.54) is 33.8 Å². The maximum absolute atomic E-state index is 13.0. The molecule has 3 aromatic rings. The van der Waals surface area contributed by atoms with Crippen LogP contribution in [0, 0.1) is 0 Å². The van der Waals surface area contributed by atoms with Crippen molar-refractivity contribution in [3.8, 4) is 5.69 Å². The first kappa shape index (κ1) is 18.4. The number of rotatable bonds is 5. The van der Waals surface area contributed by atoms with Crippen molar-refractivity contribution in [1.29, 1.82) is 0 Å².